The summed E-state index contributed by atoms with van der Waals surface area (Å²) in [6.07, 6.45) is -4.02. The van der Waals surface area contributed by atoms with Crippen LogP contribution >= 0.6 is 0 Å². The summed E-state index contributed by atoms with van der Waals surface area (Å²) in [4.78, 5) is 0. The van der Waals surface area contributed by atoms with Gasteiger partial charge in [0.2, 0.25) is 0 Å². The topological polar surface area (TPSA) is 52.0 Å². The highest BCUT2D eigenvalue weighted by molar-refractivity contribution is 5.51. The number of nitrogen functional groups attached to an aromatic ring is 2. The minimum Gasteiger partial charge on any atom is -0.399 e. The molecule has 0 aliphatic carbocycles. The van der Waals surface area contributed by atoms with Gasteiger partial charge in [-0.3, -0.25) is 0 Å². The van der Waals surface area contributed by atoms with Crippen molar-refractivity contribution in [2.45, 2.75) is 12.6 Å². The number of anilines is 2. The molecule has 0 spiro atoms. The van der Waals surface area contributed by atoms with Crippen molar-refractivity contribution >= 4 is 11.4 Å². The Labute approximate surface area is 108 Å². The van der Waals surface area contributed by atoms with E-state index in [0.29, 0.717) is 17.7 Å². The van der Waals surface area contributed by atoms with Crippen molar-refractivity contribution in [1.29, 1.82) is 0 Å². The van der Waals surface area contributed by atoms with Crippen LogP contribution in [0.15, 0.2) is 42.5 Å². The maximum Gasteiger partial charge on any atom is 0.418 e. The van der Waals surface area contributed by atoms with E-state index in [1.54, 1.807) is 30.3 Å². The van der Waals surface area contributed by atoms with Crippen molar-refractivity contribution in [3.63, 3.8) is 0 Å². The van der Waals surface area contributed by atoms with E-state index in [9.17, 15) is 13.2 Å². The van der Waals surface area contributed by atoms with E-state index in [0.717, 1.165) is 11.6 Å². The van der Waals surface area contributed by atoms with Gasteiger partial charge in [0, 0.05) is 11.4 Å². The summed E-state index contributed by atoms with van der Waals surface area (Å²) >= 11 is 0. The Bertz CT molecular complexity index is 574. The van der Waals surface area contributed by atoms with Gasteiger partial charge >= 0.3 is 6.18 Å². The Morgan fingerprint density at radius 1 is 0.842 bits per heavy atom. The highest BCUT2D eigenvalue weighted by Crippen LogP contribution is 2.34. The molecule has 4 N–H and O–H groups in total. The summed E-state index contributed by atoms with van der Waals surface area (Å²) in [5.41, 5.74) is 11.9. The Balaban J connectivity index is 2.29. The van der Waals surface area contributed by atoms with E-state index in [-0.39, 0.29) is 5.69 Å². The predicted octanol–water partition coefficient (Wildman–Crippen LogP) is 3.46. The maximum absolute atomic E-state index is 12.7. The Morgan fingerprint density at radius 3 is 2.00 bits per heavy atom. The van der Waals surface area contributed by atoms with Crippen LogP contribution in [0.1, 0.15) is 16.7 Å². The van der Waals surface area contributed by atoms with Crippen molar-refractivity contribution in [3.05, 3.63) is 59.2 Å². The Hall–Kier alpha value is -2.17. The predicted molar refractivity (Wildman–Crippen MR) is 69.5 cm³/mol. The largest absolute Gasteiger partial charge is 0.418 e. The number of hydrogen-bond donors (Lipinski definition) is 2. The molecule has 0 aliphatic rings. The van der Waals surface area contributed by atoms with Gasteiger partial charge in [-0.15, -0.1) is 0 Å². The van der Waals surface area contributed by atoms with Gasteiger partial charge in [-0.25, -0.2) is 0 Å². The first-order chi connectivity index (χ1) is 8.86. The molecule has 0 radical (unpaired) electrons. The van der Waals surface area contributed by atoms with Crippen molar-refractivity contribution in [1.82, 2.24) is 0 Å². The summed E-state index contributed by atoms with van der Waals surface area (Å²) in [6.45, 7) is 0. The minimum absolute atomic E-state index is 0.256. The highest BCUT2D eigenvalue weighted by atomic mass is 19.4. The average Bonchev–Trinajstić information content (AvgIpc) is 2.33. The lowest BCUT2D eigenvalue weighted by Gasteiger charge is -2.12. The zero-order valence-corrected chi connectivity index (χ0v) is 10.0. The zero-order chi connectivity index (χ0) is 14.0. The first kappa shape index (κ1) is 13.3. The number of rotatable bonds is 2. The molecule has 0 unspecified atom stereocenters. The molecule has 0 aromatic heterocycles. The molecule has 2 rings (SSSR count). The normalized spacial score (nSPS) is 11.5. The van der Waals surface area contributed by atoms with Gasteiger partial charge in [-0.05, 0) is 41.8 Å². The monoisotopic (exact) mass is 266 g/mol. The second kappa shape index (κ2) is 4.84. The van der Waals surface area contributed by atoms with Crippen LogP contribution in [0.2, 0.25) is 0 Å². The van der Waals surface area contributed by atoms with E-state index in [4.69, 9.17) is 11.5 Å². The highest BCUT2D eigenvalue weighted by Gasteiger charge is 2.32. The summed E-state index contributed by atoms with van der Waals surface area (Å²) in [7, 11) is 0. The first-order valence-electron chi connectivity index (χ1n) is 5.66. The van der Waals surface area contributed by atoms with Crippen LogP contribution in [0.25, 0.3) is 0 Å². The van der Waals surface area contributed by atoms with Crippen LogP contribution in [0.4, 0.5) is 24.5 Å². The third-order valence-electron chi connectivity index (χ3n) is 2.81. The van der Waals surface area contributed by atoms with Crippen molar-refractivity contribution in [2.75, 3.05) is 11.5 Å². The fraction of sp³-hybridized carbons (Fsp3) is 0.143. The van der Waals surface area contributed by atoms with Gasteiger partial charge < -0.3 is 11.5 Å². The van der Waals surface area contributed by atoms with E-state index in [2.05, 4.69) is 0 Å². The summed E-state index contributed by atoms with van der Waals surface area (Å²) in [6, 6.07) is 11.0. The van der Waals surface area contributed by atoms with Crippen molar-refractivity contribution in [3.8, 4) is 0 Å². The molecule has 0 atom stereocenters. The van der Waals surface area contributed by atoms with Gasteiger partial charge in [0.1, 0.15) is 0 Å². The van der Waals surface area contributed by atoms with Crippen LogP contribution in [0, 0.1) is 0 Å². The first-order valence-corrected chi connectivity index (χ1v) is 5.66. The molecule has 2 nitrogen and oxygen atoms in total. The number of benzene rings is 2. The zero-order valence-electron chi connectivity index (χ0n) is 10.0. The van der Waals surface area contributed by atoms with Crippen LogP contribution in [-0.4, -0.2) is 0 Å². The van der Waals surface area contributed by atoms with Crippen molar-refractivity contribution < 1.29 is 13.2 Å². The lowest BCUT2D eigenvalue weighted by Crippen LogP contribution is -2.09. The Morgan fingerprint density at radius 2 is 1.42 bits per heavy atom. The molecule has 0 amide bonds. The van der Waals surface area contributed by atoms with Crippen LogP contribution in [0.3, 0.4) is 0 Å². The van der Waals surface area contributed by atoms with E-state index in [1.807, 2.05) is 0 Å². The molecular formula is C14H13F3N2. The summed E-state index contributed by atoms with van der Waals surface area (Å²) in [5, 5.41) is 0. The lowest BCUT2D eigenvalue weighted by molar-refractivity contribution is -0.136. The van der Waals surface area contributed by atoms with Gasteiger partial charge in [0.15, 0.2) is 0 Å². The van der Waals surface area contributed by atoms with Crippen molar-refractivity contribution in [2.24, 2.45) is 0 Å². The van der Waals surface area contributed by atoms with E-state index >= 15 is 0 Å². The average molecular weight is 266 g/mol. The quantitative estimate of drug-likeness (QED) is 0.818. The van der Waals surface area contributed by atoms with Gasteiger partial charge in [-0.2, -0.15) is 13.2 Å². The lowest BCUT2D eigenvalue weighted by atomic mass is 10.0. The SMILES string of the molecule is Nc1ccc(Cc2ccc(N)c(C(F)(F)F)c2)cc1. The third kappa shape index (κ3) is 3.19. The summed E-state index contributed by atoms with van der Waals surface area (Å²) in [5.74, 6) is 0. The molecule has 2 aromatic rings. The molecule has 0 saturated heterocycles. The number of halogens is 3. The smallest absolute Gasteiger partial charge is 0.399 e. The Kier molecular flexibility index (Phi) is 3.38. The van der Waals surface area contributed by atoms with Gasteiger partial charge in [0.25, 0.3) is 0 Å². The second-order valence-corrected chi connectivity index (χ2v) is 4.34. The maximum atomic E-state index is 12.7. The van der Waals surface area contributed by atoms with E-state index < -0.39 is 11.7 Å². The van der Waals surface area contributed by atoms with E-state index in [1.165, 1.54) is 6.07 Å². The molecule has 5 heteroatoms. The molecule has 0 heterocycles. The van der Waals surface area contributed by atoms with Crippen LogP contribution < -0.4 is 11.5 Å². The molecule has 0 aliphatic heterocycles. The minimum atomic E-state index is -4.43. The fourth-order valence-electron chi connectivity index (χ4n) is 1.83. The standard InChI is InChI=1S/C14H13F3N2/c15-14(16,17)12-8-10(3-6-13(12)19)7-9-1-4-11(18)5-2-9/h1-6,8H,7,18-19H2. The van der Waals surface area contributed by atoms with Gasteiger partial charge in [0.05, 0.1) is 5.56 Å². The molecule has 0 fully saturated rings. The molecule has 19 heavy (non-hydrogen) atoms. The molecule has 2 aromatic carbocycles. The third-order valence-corrected chi connectivity index (χ3v) is 2.81. The number of nitrogens with two attached hydrogens (primary N) is 2. The fourth-order valence-corrected chi connectivity index (χ4v) is 1.83. The molecule has 0 saturated carbocycles. The van der Waals surface area contributed by atoms with Gasteiger partial charge in [-0.1, -0.05) is 18.2 Å². The molecule has 100 valence electrons. The molecular weight excluding hydrogens is 253 g/mol. The summed E-state index contributed by atoms with van der Waals surface area (Å²) < 4.78 is 38.2. The van der Waals surface area contributed by atoms with Crippen LogP contribution in [0.5, 0.6) is 0 Å². The number of alkyl halides is 3. The second-order valence-electron chi connectivity index (χ2n) is 4.34. The van der Waals surface area contributed by atoms with Crippen LogP contribution in [-0.2, 0) is 12.6 Å². The molecule has 0 bridgehead atoms. The number of hydrogen-bond acceptors (Lipinski definition) is 2.